The van der Waals surface area contributed by atoms with Gasteiger partial charge in [-0.3, -0.25) is 0 Å². The van der Waals surface area contributed by atoms with Crippen LogP contribution in [0.2, 0.25) is 0 Å². The van der Waals surface area contributed by atoms with E-state index in [4.69, 9.17) is 12.2 Å². The van der Waals surface area contributed by atoms with Crippen molar-refractivity contribution < 1.29 is 0 Å². The number of rotatable bonds is 17. The van der Waals surface area contributed by atoms with Crippen LogP contribution in [0.25, 0.3) is 0 Å². The highest BCUT2D eigenvalue weighted by Gasteiger charge is 2.11. The highest BCUT2D eigenvalue weighted by molar-refractivity contribution is 8.22. The van der Waals surface area contributed by atoms with Gasteiger partial charge in [-0.15, -0.1) is 0 Å². The van der Waals surface area contributed by atoms with Gasteiger partial charge in [0.25, 0.3) is 0 Å². The van der Waals surface area contributed by atoms with Crippen LogP contribution in [0.3, 0.4) is 0 Å². The van der Waals surface area contributed by atoms with Crippen molar-refractivity contribution in [3.8, 4) is 0 Å². The van der Waals surface area contributed by atoms with Crippen LogP contribution >= 0.6 is 24.0 Å². The predicted octanol–water partition coefficient (Wildman–Crippen LogP) is 8.87. The van der Waals surface area contributed by atoms with Crippen molar-refractivity contribution in [2.45, 2.75) is 109 Å². The van der Waals surface area contributed by atoms with Crippen LogP contribution in [0, 0.1) is 0 Å². The fraction of sp³-hybridized carbons (Fsp3) is 0.720. The Kier molecular flexibility index (Phi) is 16.8. The van der Waals surface area contributed by atoms with E-state index in [0.29, 0.717) is 0 Å². The van der Waals surface area contributed by atoms with Crippen molar-refractivity contribution >= 4 is 28.3 Å². The molecule has 160 valence electrons. The van der Waals surface area contributed by atoms with E-state index < -0.39 is 0 Å². The minimum Gasteiger partial charge on any atom is -0.357 e. The zero-order chi connectivity index (χ0) is 20.3. The third-order valence-corrected chi connectivity index (χ3v) is 6.72. The predicted molar refractivity (Wildman–Crippen MR) is 132 cm³/mol. The largest absolute Gasteiger partial charge is 0.357 e. The summed E-state index contributed by atoms with van der Waals surface area (Å²) in [7, 11) is 0. The first kappa shape index (κ1) is 25.5. The molecule has 3 heteroatoms. The number of thiocarbonyl (C=S) groups is 1. The van der Waals surface area contributed by atoms with Gasteiger partial charge < -0.3 is 4.90 Å². The smallest absolute Gasteiger partial charge is 0.141 e. The van der Waals surface area contributed by atoms with Gasteiger partial charge in [0.05, 0.1) is 0 Å². The van der Waals surface area contributed by atoms with Crippen molar-refractivity contribution in [1.29, 1.82) is 0 Å². The molecule has 0 aromatic heterocycles. The lowest BCUT2D eigenvalue weighted by Gasteiger charge is -2.25. The minimum absolute atomic E-state index is 1.06. The lowest BCUT2D eigenvalue weighted by Crippen LogP contribution is -2.29. The maximum absolute atomic E-state index is 5.82. The number of hydrogen-bond donors (Lipinski definition) is 0. The molecule has 1 nitrogen and oxygen atoms in total. The second-order valence-corrected chi connectivity index (χ2v) is 9.62. The topological polar surface area (TPSA) is 3.24 Å². The molecule has 0 aliphatic carbocycles. The molecule has 0 aliphatic rings. The summed E-state index contributed by atoms with van der Waals surface area (Å²) in [6, 6.07) is 10.6. The lowest BCUT2D eigenvalue weighted by atomic mass is 10.1. The minimum atomic E-state index is 1.06. The molecule has 0 N–H and O–H groups in total. The molecule has 1 aromatic carbocycles. The van der Waals surface area contributed by atoms with E-state index >= 15 is 0 Å². The molecule has 0 fully saturated rings. The molecule has 0 heterocycles. The summed E-state index contributed by atoms with van der Waals surface area (Å²) in [6.45, 7) is 6.82. The van der Waals surface area contributed by atoms with Gasteiger partial charge in [0, 0.05) is 18.0 Å². The Morgan fingerprint density at radius 2 is 1.11 bits per heavy atom. The molecule has 0 unspecified atom stereocenters. The molecule has 0 amide bonds. The highest BCUT2D eigenvalue weighted by atomic mass is 32.2. The third kappa shape index (κ3) is 13.6. The number of nitrogens with zero attached hydrogens (tertiary/aromatic N) is 1. The average Bonchev–Trinajstić information content (AvgIpc) is 2.71. The number of hydrogen-bond acceptors (Lipinski definition) is 2. The van der Waals surface area contributed by atoms with Crippen LogP contribution in [0.15, 0.2) is 35.2 Å². The molecular formula is C25H43NS2. The molecule has 0 saturated carbocycles. The summed E-state index contributed by atoms with van der Waals surface area (Å²) in [6.07, 6.45) is 19.0. The Morgan fingerprint density at radius 1 is 0.679 bits per heavy atom. The summed E-state index contributed by atoms with van der Waals surface area (Å²) in [5.74, 6) is 0. The average molecular weight is 422 g/mol. The quantitative estimate of drug-likeness (QED) is 0.140. The van der Waals surface area contributed by atoms with Crippen molar-refractivity contribution in [1.82, 2.24) is 4.90 Å². The van der Waals surface area contributed by atoms with E-state index in [2.05, 4.69) is 49.1 Å². The second-order valence-electron chi connectivity index (χ2n) is 7.91. The van der Waals surface area contributed by atoms with Crippen LogP contribution in [-0.4, -0.2) is 22.3 Å². The summed E-state index contributed by atoms with van der Waals surface area (Å²) in [4.78, 5) is 3.74. The highest BCUT2D eigenvalue weighted by Crippen LogP contribution is 2.22. The molecule has 0 atom stereocenters. The van der Waals surface area contributed by atoms with Gasteiger partial charge in [0.15, 0.2) is 0 Å². The fourth-order valence-corrected chi connectivity index (χ4v) is 4.75. The first-order chi connectivity index (χ1) is 13.8. The summed E-state index contributed by atoms with van der Waals surface area (Å²) in [5, 5.41) is 0. The Labute approximate surface area is 185 Å². The molecule has 0 saturated heterocycles. The molecule has 1 rings (SSSR count). The molecule has 0 radical (unpaired) electrons. The first-order valence-corrected chi connectivity index (χ1v) is 13.0. The Bertz CT molecular complexity index is 457. The van der Waals surface area contributed by atoms with Crippen LogP contribution in [0.5, 0.6) is 0 Å². The molecule has 28 heavy (non-hydrogen) atoms. The number of thioether (sulfide) groups is 1. The van der Waals surface area contributed by atoms with Crippen LogP contribution < -0.4 is 0 Å². The monoisotopic (exact) mass is 421 g/mol. The third-order valence-electron chi connectivity index (χ3n) is 5.27. The van der Waals surface area contributed by atoms with Gasteiger partial charge >= 0.3 is 0 Å². The van der Waals surface area contributed by atoms with E-state index in [1.807, 2.05) is 0 Å². The summed E-state index contributed by atoms with van der Waals surface area (Å²) < 4.78 is 1.06. The maximum Gasteiger partial charge on any atom is 0.141 e. The van der Waals surface area contributed by atoms with Gasteiger partial charge in [-0.25, -0.2) is 0 Å². The van der Waals surface area contributed by atoms with Crippen molar-refractivity contribution in [3.05, 3.63) is 30.3 Å². The summed E-state index contributed by atoms with van der Waals surface area (Å²) in [5.41, 5.74) is 0. The van der Waals surface area contributed by atoms with E-state index in [9.17, 15) is 0 Å². The SMILES string of the molecule is CCCCCCCCCN(CCCCCCCCC)C(=S)Sc1ccccc1. The maximum atomic E-state index is 5.82. The number of unbranched alkanes of at least 4 members (excludes halogenated alkanes) is 12. The van der Waals surface area contributed by atoms with Crippen LogP contribution in [-0.2, 0) is 0 Å². The Hall–Kier alpha value is -0.540. The van der Waals surface area contributed by atoms with Gasteiger partial charge in [-0.05, 0) is 25.0 Å². The van der Waals surface area contributed by atoms with Gasteiger partial charge in [-0.1, -0.05) is 133 Å². The fourth-order valence-electron chi connectivity index (χ4n) is 3.47. The van der Waals surface area contributed by atoms with Gasteiger partial charge in [0.1, 0.15) is 4.32 Å². The zero-order valence-electron chi connectivity index (χ0n) is 18.5. The van der Waals surface area contributed by atoms with Gasteiger partial charge in [-0.2, -0.15) is 0 Å². The zero-order valence-corrected chi connectivity index (χ0v) is 20.1. The van der Waals surface area contributed by atoms with Crippen molar-refractivity contribution in [2.75, 3.05) is 13.1 Å². The van der Waals surface area contributed by atoms with E-state index in [1.165, 1.54) is 94.8 Å². The standard InChI is InChI=1S/C25H43NS2/c1-3-5-7-9-11-13-18-22-26(23-19-14-12-10-8-6-4-2)25(27)28-24-20-16-15-17-21-24/h15-17,20-21H,3-14,18-19,22-23H2,1-2H3. The Balaban J connectivity index is 2.33. The van der Waals surface area contributed by atoms with E-state index in [0.717, 1.165) is 17.4 Å². The van der Waals surface area contributed by atoms with Crippen molar-refractivity contribution in [3.63, 3.8) is 0 Å². The molecule has 1 aromatic rings. The Morgan fingerprint density at radius 3 is 1.57 bits per heavy atom. The van der Waals surface area contributed by atoms with E-state index in [1.54, 1.807) is 11.8 Å². The number of benzene rings is 1. The summed E-state index contributed by atoms with van der Waals surface area (Å²) >= 11 is 7.58. The van der Waals surface area contributed by atoms with E-state index in [-0.39, 0.29) is 0 Å². The van der Waals surface area contributed by atoms with Crippen LogP contribution in [0.4, 0.5) is 0 Å². The first-order valence-electron chi connectivity index (χ1n) is 11.8. The molecule has 0 aliphatic heterocycles. The van der Waals surface area contributed by atoms with Gasteiger partial charge in [0.2, 0.25) is 0 Å². The molecule has 0 spiro atoms. The normalized spacial score (nSPS) is 10.9. The lowest BCUT2D eigenvalue weighted by molar-refractivity contribution is 0.394. The van der Waals surface area contributed by atoms with Crippen molar-refractivity contribution in [2.24, 2.45) is 0 Å². The van der Waals surface area contributed by atoms with Crippen LogP contribution in [0.1, 0.15) is 104 Å². The molecule has 0 bridgehead atoms. The molecular weight excluding hydrogens is 378 g/mol. The second kappa shape index (κ2) is 18.5.